The van der Waals surface area contributed by atoms with Gasteiger partial charge in [0.05, 0.1) is 29.6 Å². The van der Waals surface area contributed by atoms with Crippen LogP contribution in [-0.2, 0) is 16.1 Å². The number of anilines is 1. The highest BCUT2D eigenvalue weighted by atomic mass is 35.5. The monoisotopic (exact) mass is 411 g/mol. The number of nitrogens with zero attached hydrogens (tertiary/aromatic N) is 2. The van der Waals surface area contributed by atoms with Gasteiger partial charge in [-0.25, -0.2) is 4.79 Å². The van der Waals surface area contributed by atoms with Crippen LogP contribution < -0.4 is 5.32 Å². The average molecular weight is 412 g/mol. The summed E-state index contributed by atoms with van der Waals surface area (Å²) in [7, 11) is 0. The maximum absolute atomic E-state index is 12.5. The van der Waals surface area contributed by atoms with Gasteiger partial charge in [0, 0.05) is 16.4 Å². The lowest BCUT2D eigenvalue weighted by atomic mass is 10.2. The van der Waals surface area contributed by atoms with E-state index in [1.165, 1.54) is 12.1 Å². The number of nitriles is 1. The van der Waals surface area contributed by atoms with Crippen LogP contribution in [0.2, 0.25) is 5.02 Å². The third-order valence-corrected chi connectivity index (χ3v) is 4.63. The summed E-state index contributed by atoms with van der Waals surface area (Å²) >= 11 is 5.89. The number of rotatable bonds is 6. The van der Waals surface area contributed by atoms with Crippen LogP contribution in [0.25, 0.3) is 0 Å². The minimum Gasteiger partial charge on any atom is -0.467 e. The third kappa shape index (κ3) is 4.68. The van der Waals surface area contributed by atoms with E-state index in [2.05, 4.69) is 5.32 Å². The molecule has 0 unspecified atom stereocenters. The number of esters is 1. The molecule has 0 saturated carbocycles. The quantitative estimate of drug-likeness (QED) is 0.616. The van der Waals surface area contributed by atoms with Crippen molar-refractivity contribution in [2.24, 2.45) is 0 Å². The van der Waals surface area contributed by atoms with E-state index in [-0.39, 0.29) is 11.3 Å². The summed E-state index contributed by atoms with van der Waals surface area (Å²) in [6, 6.07) is 11.8. The van der Waals surface area contributed by atoms with E-state index in [4.69, 9.17) is 26.0 Å². The summed E-state index contributed by atoms with van der Waals surface area (Å²) in [4.78, 5) is 24.6. The lowest BCUT2D eigenvalue weighted by Gasteiger charge is -2.09. The van der Waals surface area contributed by atoms with Gasteiger partial charge in [0.2, 0.25) is 0 Å². The van der Waals surface area contributed by atoms with Crippen molar-refractivity contribution in [1.29, 1.82) is 5.26 Å². The number of nitrogens with one attached hydrogen (secondary N) is 1. The molecule has 0 fully saturated rings. The second-order valence-electron chi connectivity index (χ2n) is 6.38. The molecule has 3 aromatic rings. The van der Waals surface area contributed by atoms with Crippen LogP contribution >= 0.6 is 11.6 Å². The Morgan fingerprint density at radius 2 is 2.07 bits per heavy atom. The highest BCUT2D eigenvalue weighted by Gasteiger charge is 2.19. The maximum Gasteiger partial charge on any atom is 0.340 e. The third-order valence-electron chi connectivity index (χ3n) is 4.40. The second-order valence-corrected chi connectivity index (χ2v) is 6.81. The van der Waals surface area contributed by atoms with E-state index in [0.717, 1.165) is 11.5 Å². The maximum atomic E-state index is 12.5. The summed E-state index contributed by atoms with van der Waals surface area (Å²) in [5.74, 6) is -0.409. The number of hydrogen-bond acceptors (Lipinski definition) is 5. The molecule has 148 valence electrons. The number of aromatic nitrogens is 1. The Morgan fingerprint density at radius 3 is 2.76 bits per heavy atom. The molecule has 0 bridgehead atoms. The van der Waals surface area contributed by atoms with Crippen molar-refractivity contribution < 1.29 is 18.7 Å². The lowest BCUT2D eigenvalue weighted by molar-refractivity contribution is -0.119. The first-order valence-electron chi connectivity index (χ1n) is 8.74. The number of carbonyl (C=O) groups excluding carboxylic acids is 2. The second kappa shape index (κ2) is 8.67. The number of hydrogen-bond donors (Lipinski definition) is 1. The number of halogens is 1. The largest absolute Gasteiger partial charge is 0.467 e. The predicted octanol–water partition coefficient (Wildman–Crippen LogP) is 4.07. The molecular weight excluding hydrogens is 394 g/mol. The summed E-state index contributed by atoms with van der Waals surface area (Å²) < 4.78 is 12.4. The van der Waals surface area contributed by atoms with Gasteiger partial charge in [0.25, 0.3) is 5.91 Å². The summed E-state index contributed by atoms with van der Waals surface area (Å²) in [6.45, 7) is 3.68. The predicted molar refractivity (Wildman–Crippen MR) is 107 cm³/mol. The normalized spacial score (nSPS) is 10.4. The van der Waals surface area contributed by atoms with Crippen LogP contribution in [0.5, 0.6) is 0 Å². The molecule has 2 aromatic heterocycles. The number of carbonyl (C=O) groups is 2. The Hall–Kier alpha value is -3.50. The van der Waals surface area contributed by atoms with Crippen molar-refractivity contribution in [3.8, 4) is 6.07 Å². The van der Waals surface area contributed by atoms with Gasteiger partial charge in [-0.05, 0) is 50.2 Å². The molecule has 0 radical (unpaired) electrons. The molecule has 1 aromatic carbocycles. The van der Waals surface area contributed by atoms with Crippen LogP contribution in [0.1, 0.15) is 33.1 Å². The molecule has 7 nitrogen and oxygen atoms in total. The fraction of sp³-hybridized carbons (Fsp3) is 0.190. The molecular formula is C21H18ClN3O4. The number of benzene rings is 1. The molecule has 0 aliphatic carbocycles. The van der Waals surface area contributed by atoms with Crippen LogP contribution in [0.3, 0.4) is 0 Å². The zero-order chi connectivity index (χ0) is 21.0. The minimum absolute atomic E-state index is 0.260. The first-order valence-corrected chi connectivity index (χ1v) is 9.12. The summed E-state index contributed by atoms with van der Waals surface area (Å²) in [5, 5.41) is 12.0. The van der Waals surface area contributed by atoms with Gasteiger partial charge in [-0.1, -0.05) is 11.6 Å². The van der Waals surface area contributed by atoms with Crippen LogP contribution in [0, 0.1) is 25.2 Å². The SMILES string of the molecule is Cc1cc(C(=O)OCC(=O)Nc2cc(Cl)ccc2C#N)c(C)n1Cc1ccco1. The summed E-state index contributed by atoms with van der Waals surface area (Å²) in [5.41, 5.74) is 2.48. The highest BCUT2D eigenvalue weighted by molar-refractivity contribution is 6.31. The Morgan fingerprint density at radius 1 is 1.28 bits per heavy atom. The first kappa shape index (κ1) is 20.2. The Balaban J connectivity index is 1.65. The zero-order valence-corrected chi connectivity index (χ0v) is 16.6. The van der Waals surface area contributed by atoms with E-state index in [1.54, 1.807) is 31.4 Å². The molecule has 3 rings (SSSR count). The Labute approximate surface area is 172 Å². The molecule has 1 amide bonds. The smallest absolute Gasteiger partial charge is 0.340 e. The number of aryl methyl sites for hydroxylation is 1. The fourth-order valence-corrected chi connectivity index (χ4v) is 3.09. The lowest BCUT2D eigenvalue weighted by Crippen LogP contribution is -2.21. The number of ether oxygens (including phenoxy) is 1. The Kier molecular flexibility index (Phi) is 6.05. The molecule has 29 heavy (non-hydrogen) atoms. The molecule has 0 spiro atoms. The van der Waals surface area contributed by atoms with Crippen molar-refractivity contribution >= 4 is 29.2 Å². The Bertz CT molecular complexity index is 1090. The fourth-order valence-electron chi connectivity index (χ4n) is 2.92. The minimum atomic E-state index is -0.606. The molecule has 0 saturated heterocycles. The summed E-state index contributed by atoms with van der Waals surface area (Å²) in [6.07, 6.45) is 1.59. The molecule has 1 N–H and O–H groups in total. The standard InChI is InChI=1S/C21H18ClN3O4/c1-13-8-18(14(2)25(13)11-17-4-3-7-28-17)21(27)29-12-20(26)24-19-9-16(22)6-5-15(19)10-23/h3-9H,11-12H2,1-2H3,(H,24,26). The highest BCUT2D eigenvalue weighted by Crippen LogP contribution is 2.21. The van der Waals surface area contributed by atoms with E-state index in [0.29, 0.717) is 22.8 Å². The topological polar surface area (TPSA) is 97.3 Å². The average Bonchev–Trinajstić information content (AvgIpc) is 3.30. The van der Waals surface area contributed by atoms with Crippen LogP contribution in [0.4, 0.5) is 5.69 Å². The van der Waals surface area contributed by atoms with Crippen molar-refractivity contribution in [3.05, 3.63) is 76.0 Å². The molecule has 8 heteroatoms. The number of amides is 1. The number of furan rings is 1. The van der Waals surface area contributed by atoms with Crippen molar-refractivity contribution in [3.63, 3.8) is 0 Å². The van der Waals surface area contributed by atoms with E-state index in [1.807, 2.05) is 23.6 Å². The van der Waals surface area contributed by atoms with Gasteiger partial charge in [0.15, 0.2) is 6.61 Å². The molecule has 0 atom stereocenters. The zero-order valence-electron chi connectivity index (χ0n) is 15.9. The van der Waals surface area contributed by atoms with Crippen LogP contribution in [0.15, 0.2) is 47.1 Å². The van der Waals surface area contributed by atoms with Crippen molar-refractivity contribution in [1.82, 2.24) is 4.57 Å². The van der Waals surface area contributed by atoms with E-state index >= 15 is 0 Å². The van der Waals surface area contributed by atoms with E-state index in [9.17, 15) is 9.59 Å². The van der Waals surface area contributed by atoms with Crippen molar-refractivity contribution in [2.45, 2.75) is 20.4 Å². The molecule has 2 heterocycles. The van der Waals surface area contributed by atoms with Gasteiger partial charge in [-0.2, -0.15) is 5.26 Å². The first-order chi connectivity index (χ1) is 13.9. The molecule has 0 aliphatic heterocycles. The van der Waals surface area contributed by atoms with Gasteiger partial charge in [-0.3, -0.25) is 4.79 Å². The van der Waals surface area contributed by atoms with Crippen molar-refractivity contribution in [2.75, 3.05) is 11.9 Å². The van der Waals surface area contributed by atoms with Gasteiger partial charge < -0.3 is 19.0 Å². The van der Waals surface area contributed by atoms with E-state index < -0.39 is 18.5 Å². The van der Waals surface area contributed by atoms with Gasteiger partial charge >= 0.3 is 5.97 Å². The van der Waals surface area contributed by atoms with Crippen LogP contribution in [-0.4, -0.2) is 23.1 Å². The molecule has 0 aliphatic rings. The van der Waals surface area contributed by atoms with Gasteiger partial charge in [0.1, 0.15) is 11.8 Å². The van der Waals surface area contributed by atoms with Gasteiger partial charge in [-0.15, -0.1) is 0 Å².